The van der Waals surface area contributed by atoms with Crippen molar-refractivity contribution in [3.05, 3.63) is 64.5 Å². The Hall–Kier alpha value is -2.73. The van der Waals surface area contributed by atoms with Gasteiger partial charge in [-0.05, 0) is 36.8 Å². The van der Waals surface area contributed by atoms with Crippen molar-refractivity contribution in [2.24, 2.45) is 0 Å². The van der Waals surface area contributed by atoms with Crippen molar-refractivity contribution in [3.63, 3.8) is 0 Å². The van der Waals surface area contributed by atoms with Crippen LogP contribution in [0.2, 0.25) is 0 Å². The number of thiophene rings is 1. The van der Waals surface area contributed by atoms with Gasteiger partial charge in [0.05, 0.1) is 5.39 Å². The molecule has 4 rings (SSSR count). The third-order valence-corrected chi connectivity index (χ3v) is 4.79. The molecular weight excluding hydrogens is 325 g/mol. The molecule has 3 heterocycles. The van der Waals surface area contributed by atoms with E-state index in [9.17, 15) is 4.39 Å². The van der Waals surface area contributed by atoms with Gasteiger partial charge in [-0.15, -0.1) is 11.3 Å². The lowest BCUT2D eigenvalue weighted by atomic mass is 10.1. The number of aryl methyl sites for hydroxylation is 1. The van der Waals surface area contributed by atoms with Gasteiger partial charge in [-0.3, -0.25) is 0 Å². The maximum absolute atomic E-state index is 13.8. The Kier molecular flexibility index (Phi) is 3.54. The first-order chi connectivity index (χ1) is 11.6. The summed E-state index contributed by atoms with van der Waals surface area (Å²) < 4.78 is 19.4. The fourth-order valence-electron chi connectivity index (χ4n) is 2.57. The molecule has 4 nitrogen and oxygen atoms in total. The fourth-order valence-corrected chi connectivity index (χ4v) is 3.63. The summed E-state index contributed by atoms with van der Waals surface area (Å²) in [5.41, 5.74) is 6.73. The molecule has 0 spiro atoms. The number of halogens is 1. The summed E-state index contributed by atoms with van der Waals surface area (Å²) in [6.07, 6.45) is 0.502. The molecular formula is C18H14FN3OS. The first kappa shape index (κ1) is 14.8. The summed E-state index contributed by atoms with van der Waals surface area (Å²) >= 11 is 1.49. The number of rotatable bonds is 3. The lowest BCUT2D eigenvalue weighted by Gasteiger charge is -1.99. The van der Waals surface area contributed by atoms with E-state index >= 15 is 0 Å². The Labute approximate surface area is 141 Å². The zero-order valence-electron chi connectivity index (χ0n) is 12.9. The number of benzene rings is 1. The topological polar surface area (TPSA) is 64.9 Å². The Bertz CT molecular complexity index is 1040. The van der Waals surface area contributed by atoms with E-state index in [0.29, 0.717) is 29.4 Å². The van der Waals surface area contributed by atoms with Crippen LogP contribution in [0.15, 0.2) is 46.9 Å². The fraction of sp³-hybridized carbons (Fsp3) is 0.111. The molecule has 0 fully saturated rings. The van der Waals surface area contributed by atoms with Gasteiger partial charge in [0.25, 0.3) is 0 Å². The summed E-state index contributed by atoms with van der Waals surface area (Å²) in [5, 5.41) is 0.790. The van der Waals surface area contributed by atoms with Crippen LogP contribution in [0, 0.1) is 12.7 Å². The van der Waals surface area contributed by atoms with E-state index in [1.54, 1.807) is 12.1 Å². The summed E-state index contributed by atoms with van der Waals surface area (Å²) in [6.45, 7) is 1.86. The number of anilines is 1. The largest absolute Gasteiger partial charge is 0.458 e. The van der Waals surface area contributed by atoms with Crippen LogP contribution in [0.25, 0.3) is 21.8 Å². The quantitative estimate of drug-likeness (QED) is 0.594. The Morgan fingerprint density at radius 2 is 2.00 bits per heavy atom. The van der Waals surface area contributed by atoms with Crippen LogP contribution in [0.3, 0.4) is 0 Å². The average Bonchev–Trinajstić information content (AvgIpc) is 3.16. The summed E-state index contributed by atoms with van der Waals surface area (Å²) in [6, 6.07) is 12.4. The minimum atomic E-state index is -0.208. The molecule has 0 saturated carbocycles. The molecule has 0 unspecified atom stereocenters. The number of fused-ring (bicyclic) bond motifs is 1. The van der Waals surface area contributed by atoms with E-state index in [0.717, 1.165) is 20.9 Å². The van der Waals surface area contributed by atoms with Crippen molar-refractivity contribution in [2.75, 3.05) is 5.73 Å². The van der Waals surface area contributed by atoms with Gasteiger partial charge in [0.1, 0.15) is 22.2 Å². The molecule has 0 saturated heterocycles. The van der Waals surface area contributed by atoms with Gasteiger partial charge in [-0.1, -0.05) is 18.2 Å². The number of nitrogens with two attached hydrogens (primary N) is 1. The first-order valence-corrected chi connectivity index (χ1v) is 8.28. The van der Waals surface area contributed by atoms with Gasteiger partial charge in [0, 0.05) is 11.3 Å². The SMILES string of the molecule is Cc1ccc(-c2nc(N)c3cc(Cc4ccccc4F)sc3n2)o1. The highest BCUT2D eigenvalue weighted by atomic mass is 32.1. The maximum atomic E-state index is 13.8. The van der Waals surface area contributed by atoms with E-state index in [4.69, 9.17) is 10.2 Å². The molecule has 0 amide bonds. The van der Waals surface area contributed by atoms with Crippen molar-refractivity contribution in [3.8, 4) is 11.6 Å². The highest BCUT2D eigenvalue weighted by Gasteiger charge is 2.14. The van der Waals surface area contributed by atoms with E-state index < -0.39 is 0 Å². The zero-order valence-corrected chi connectivity index (χ0v) is 13.7. The molecule has 0 aliphatic rings. The van der Waals surface area contributed by atoms with Crippen LogP contribution in [0.1, 0.15) is 16.2 Å². The molecule has 2 N–H and O–H groups in total. The normalized spacial score (nSPS) is 11.2. The molecule has 24 heavy (non-hydrogen) atoms. The standard InChI is InChI=1S/C18H14FN3OS/c1-10-6-7-15(23-10)17-21-16(20)13-9-12(24-18(13)22-17)8-11-4-2-3-5-14(11)19/h2-7,9H,8H2,1H3,(H2,20,21,22). The third kappa shape index (κ3) is 2.65. The van der Waals surface area contributed by atoms with Crippen molar-refractivity contribution < 1.29 is 8.81 Å². The van der Waals surface area contributed by atoms with E-state index in [1.165, 1.54) is 17.4 Å². The van der Waals surface area contributed by atoms with Crippen molar-refractivity contribution in [1.82, 2.24) is 9.97 Å². The first-order valence-electron chi connectivity index (χ1n) is 7.46. The summed E-state index contributed by atoms with van der Waals surface area (Å²) in [5.74, 6) is 2.04. The van der Waals surface area contributed by atoms with E-state index in [1.807, 2.05) is 31.2 Å². The number of aromatic nitrogens is 2. The molecule has 0 radical (unpaired) electrons. The van der Waals surface area contributed by atoms with Gasteiger partial charge >= 0.3 is 0 Å². The molecule has 1 aromatic carbocycles. The molecule has 0 atom stereocenters. The number of nitrogen functional groups attached to an aromatic ring is 1. The van der Waals surface area contributed by atoms with Gasteiger partial charge in [-0.2, -0.15) is 0 Å². The van der Waals surface area contributed by atoms with Crippen LogP contribution in [-0.4, -0.2) is 9.97 Å². The summed E-state index contributed by atoms with van der Waals surface area (Å²) in [4.78, 5) is 10.6. The lowest BCUT2D eigenvalue weighted by molar-refractivity contribution is 0.544. The number of hydrogen-bond donors (Lipinski definition) is 1. The van der Waals surface area contributed by atoms with Gasteiger partial charge in [-0.25, -0.2) is 14.4 Å². The van der Waals surface area contributed by atoms with Gasteiger partial charge in [0.2, 0.25) is 0 Å². The lowest BCUT2D eigenvalue weighted by Crippen LogP contribution is -1.95. The second-order valence-electron chi connectivity index (χ2n) is 5.54. The predicted octanol–water partition coefficient (Wildman–Crippen LogP) is 4.57. The van der Waals surface area contributed by atoms with Crippen molar-refractivity contribution >= 4 is 27.4 Å². The third-order valence-electron chi connectivity index (χ3n) is 3.76. The molecule has 120 valence electrons. The minimum Gasteiger partial charge on any atom is -0.458 e. The number of hydrogen-bond acceptors (Lipinski definition) is 5. The molecule has 4 aromatic rings. The zero-order chi connectivity index (χ0) is 16.7. The van der Waals surface area contributed by atoms with Crippen LogP contribution in [-0.2, 0) is 6.42 Å². The van der Waals surface area contributed by atoms with Crippen molar-refractivity contribution in [1.29, 1.82) is 0 Å². The maximum Gasteiger partial charge on any atom is 0.199 e. The van der Waals surface area contributed by atoms with E-state index in [-0.39, 0.29) is 5.82 Å². The molecule has 0 bridgehead atoms. The second-order valence-corrected chi connectivity index (χ2v) is 6.66. The van der Waals surface area contributed by atoms with Crippen molar-refractivity contribution in [2.45, 2.75) is 13.3 Å². The highest BCUT2D eigenvalue weighted by molar-refractivity contribution is 7.18. The molecule has 6 heteroatoms. The van der Waals surface area contributed by atoms with Gasteiger partial charge < -0.3 is 10.2 Å². The Morgan fingerprint density at radius 1 is 1.17 bits per heavy atom. The molecule has 0 aliphatic heterocycles. The average molecular weight is 339 g/mol. The number of furan rings is 1. The van der Waals surface area contributed by atoms with Crippen LogP contribution < -0.4 is 5.73 Å². The minimum absolute atomic E-state index is 0.208. The van der Waals surface area contributed by atoms with Crippen LogP contribution in [0.4, 0.5) is 10.2 Å². The predicted molar refractivity (Wildman–Crippen MR) is 93.5 cm³/mol. The molecule has 0 aliphatic carbocycles. The summed E-state index contributed by atoms with van der Waals surface area (Å²) in [7, 11) is 0. The second kappa shape index (κ2) is 5.72. The van der Waals surface area contributed by atoms with Crippen LogP contribution >= 0.6 is 11.3 Å². The smallest absolute Gasteiger partial charge is 0.199 e. The molecule has 3 aromatic heterocycles. The highest BCUT2D eigenvalue weighted by Crippen LogP contribution is 2.31. The Morgan fingerprint density at radius 3 is 2.75 bits per heavy atom. The van der Waals surface area contributed by atoms with Gasteiger partial charge in [0.15, 0.2) is 11.6 Å². The van der Waals surface area contributed by atoms with Crippen LogP contribution in [0.5, 0.6) is 0 Å². The monoisotopic (exact) mass is 339 g/mol. The number of nitrogens with zero attached hydrogens (tertiary/aromatic N) is 2. The van der Waals surface area contributed by atoms with E-state index in [2.05, 4.69) is 9.97 Å². The Balaban J connectivity index is 1.75.